The van der Waals surface area contributed by atoms with Crippen LogP contribution in [0, 0.1) is 0 Å². The first kappa shape index (κ1) is 15.1. The van der Waals surface area contributed by atoms with E-state index < -0.39 is 0 Å². The maximum atomic E-state index is 3.69. The van der Waals surface area contributed by atoms with E-state index in [1.165, 1.54) is 19.1 Å². The van der Waals surface area contributed by atoms with Gasteiger partial charge in [-0.25, -0.2) is 0 Å². The molecule has 2 rings (SSSR count). The molecule has 1 unspecified atom stereocenters. The summed E-state index contributed by atoms with van der Waals surface area (Å²) in [5, 5.41) is 5.63. The molecule has 0 spiro atoms. The van der Waals surface area contributed by atoms with Crippen molar-refractivity contribution in [2.75, 3.05) is 6.54 Å². The summed E-state index contributed by atoms with van der Waals surface area (Å²) in [6.07, 6.45) is 1.16. The van der Waals surface area contributed by atoms with Crippen LogP contribution >= 0.6 is 39.0 Å². The van der Waals surface area contributed by atoms with Gasteiger partial charge in [-0.2, -0.15) is 0 Å². The number of rotatable bonds is 6. The first-order valence-electron chi connectivity index (χ1n) is 6.45. The number of halogens is 1. The Morgan fingerprint density at radius 3 is 2.84 bits per heavy atom. The van der Waals surface area contributed by atoms with Crippen molar-refractivity contribution in [2.45, 2.75) is 35.4 Å². The molecule has 0 radical (unpaired) electrons. The molecular formula is C15H18BrNS2. The molecule has 1 N–H and O–H groups in total. The van der Waals surface area contributed by atoms with Crippen LogP contribution in [0.3, 0.4) is 0 Å². The minimum atomic E-state index is 0.400. The molecule has 0 saturated carbocycles. The first-order chi connectivity index (χ1) is 9.20. The highest BCUT2D eigenvalue weighted by molar-refractivity contribution is 9.10. The van der Waals surface area contributed by atoms with Gasteiger partial charge in [0.25, 0.3) is 0 Å². The molecule has 1 aromatic carbocycles. The molecular weight excluding hydrogens is 338 g/mol. The first-order valence-corrected chi connectivity index (χ1v) is 8.93. The second-order valence-corrected chi connectivity index (χ2v) is 7.54. The maximum absolute atomic E-state index is 3.69. The Hall–Kier alpha value is -0.290. The smallest absolute Gasteiger partial charge is 0.0646 e. The van der Waals surface area contributed by atoms with E-state index in [4.69, 9.17) is 0 Å². The van der Waals surface area contributed by atoms with Crippen molar-refractivity contribution >= 4 is 39.0 Å². The lowest BCUT2D eigenvalue weighted by molar-refractivity contribution is 0.570. The summed E-state index contributed by atoms with van der Waals surface area (Å²) in [6.45, 7) is 5.46. The van der Waals surface area contributed by atoms with E-state index in [-0.39, 0.29) is 0 Å². The lowest BCUT2D eigenvalue weighted by Gasteiger charge is -2.15. The highest BCUT2D eigenvalue weighted by Gasteiger charge is 2.08. The van der Waals surface area contributed by atoms with Gasteiger partial charge in [-0.1, -0.05) is 30.8 Å². The minimum Gasteiger partial charge on any atom is -0.310 e. The third kappa shape index (κ3) is 4.35. The normalized spacial score (nSPS) is 12.6. The van der Waals surface area contributed by atoms with Crippen LogP contribution in [-0.2, 0) is 0 Å². The van der Waals surface area contributed by atoms with E-state index in [2.05, 4.69) is 70.8 Å². The van der Waals surface area contributed by atoms with E-state index in [9.17, 15) is 0 Å². The predicted molar refractivity (Wildman–Crippen MR) is 89.3 cm³/mol. The Labute approximate surface area is 131 Å². The predicted octanol–water partition coefficient (Wildman–Crippen LogP) is 5.72. The summed E-state index contributed by atoms with van der Waals surface area (Å²) in [6, 6.07) is 11.3. The summed E-state index contributed by atoms with van der Waals surface area (Å²) in [7, 11) is 0. The minimum absolute atomic E-state index is 0.400. The monoisotopic (exact) mass is 355 g/mol. The van der Waals surface area contributed by atoms with Gasteiger partial charge in [-0.3, -0.25) is 0 Å². The van der Waals surface area contributed by atoms with Crippen molar-refractivity contribution in [1.82, 2.24) is 5.32 Å². The molecule has 2 aromatic rings. The molecule has 4 heteroatoms. The summed E-state index contributed by atoms with van der Waals surface area (Å²) in [4.78, 5) is 1.27. The highest BCUT2D eigenvalue weighted by atomic mass is 79.9. The molecule has 0 aliphatic carbocycles. The van der Waals surface area contributed by atoms with Crippen molar-refractivity contribution in [3.63, 3.8) is 0 Å². The van der Waals surface area contributed by atoms with Crippen molar-refractivity contribution in [1.29, 1.82) is 0 Å². The van der Waals surface area contributed by atoms with E-state index in [1.54, 1.807) is 11.3 Å². The molecule has 0 aliphatic rings. The maximum Gasteiger partial charge on any atom is 0.0646 e. The van der Waals surface area contributed by atoms with Gasteiger partial charge in [0.15, 0.2) is 0 Å². The zero-order valence-electron chi connectivity index (χ0n) is 11.2. The van der Waals surface area contributed by atoms with Crippen LogP contribution in [0.25, 0.3) is 0 Å². The fraction of sp³-hybridized carbons (Fsp3) is 0.333. The second-order valence-electron chi connectivity index (χ2n) is 4.40. The fourth-order valence-electron chi connectivity index (χ4n) is 1.78. The van der Waals surface area contributed by atoms with E-state index in [0.29, 0.717) is 6.04 Å². The van der Waals surface area contributed by atoms with Crippen LogP contribution in [0.5, 0.6) is 0 Å². The third-order valence-electron chi connectivity index (χ3n) is 2.86. The Kier molecular flexibility index (Phi) is 5.95. The number of hydrogen-bond donors (Lipinski definition) is 1. The molecule has 1 heterocycles. The quantitative estimate of drug-likeness (QED) is 0.710. The Balaban J connectivity index is 2.08. The van der Waals surface area contributed by atoms with Gasteiger partial charge in [0.1, 0.15) is 0 Å². The summed E-state index contributed by atoms with van der Waals surface area (Å²) in [5.74, 6) is 0. The fourth-order valence-corrected chi connectivity index (χ4v) is 4.15. The largest absolute Gasteiger partial charge is 0.310 e. The average molecular weight is 356 g/mol. The Bertz CT molecular complexity index is 511. The third-order valence-corrected chi connectivity index (χ3v) is 5.89. The van der Waals surface area contributed by atoms with Gasteiger partial charge in [-0.05, 0) is 65.0 Å². The molecule has 1 aromatic heterocycles. The molecule has 0 bridgehead atoms. The van der Waals surface area contributed by atoms with E-state index in [1.807, 2.05) is 11.8 Å². The molecule has 0 fully saturated rings. The standard InChI is InChI=1S/C15H18BrNS2/c1-3-8-17-11(2)12-6-7-14(13(16)10-12)19-15-5-4-9-18-15/h4-7,9-11,17H,3,8H2,1-2H3. The van der Waals surface area contributed by atoms with Gasteiger partial charge in [-0.15, -0.1) is 11.3 Å². The zero-order valence-corrected chi connectivity index (χ0v) is 14.4. The lowest BCUT2D eigenvalue weighted by atomic mass is 10.1. The van der Waals surface area contributed by atoms with Gasteiger partial charge >= 0.3 is 0 Å². The van der Waals surface area contributed by atoms with Crippen LogP contribution < -0.4 is 5.32 Å². The van der Waals surface area contributed by atoms with Crippen LogP contribution in [0.4, 0.5) is 0 Å². The Morgan fingerprint density at radius 2 is 2.21 bits per heavy atom. The zero-order chi connectivity index (χ0) is 13.7. The van der Waals surface area contributed by atoms with Crippen molar-refractivity contribution < 1.29 is 0 Å². The number of thiophene rings is 1. The van der Waals surface area contributed by atoms with Crippen LogP contribution in [-0.4, -0.2) is 6.54 Å². The van der Waals surface area contributed by atoms with Gasteiger partial charge in [0.2, 0.25) is 0 Å². The average Bonchev–Trinajstić information content (AvgIpc) is 2.91. The SMILES string of the molecule is CCCNC(C)c1ccc(Sc2cccs2)c(Br)c1. The highest BCUT2D eigenvalue weighted by Crippen LogP contribution is 2.36. The molecule has 1 nitrogen and oxygen atoms in total. The summed E-state index contributed by atoms with van der Waals surface area (Å²) in [5.41, 5.74) is 1.33. The number of hydrogen-bond acceptors (Lipinski definition) is 3. The number of nitrogens with one attached hydrogen (secondary N) is 1. The van der Waals surface area contributed by atoms with Crippen LogP contribution in [0.15, 0.2) is 49.3 Å². The second kappa shape index (κ2) is 7.48. The van der Waals surface area contributed by atoms with Gasteiger partial charge in [0.05, 0.1) is 4.21 Å². The van der Waals surface area contributed by atoms with E-state index in [0.717, 1.165) is 13.0 Å². The topological polar surface area (TPSA) is 12.0 Å². The molecule has 102 valence electrons. The molecule has 19 heavy (non-hydrogen) atoms. The van der Waals surface area contributed by atoms with Crippen molar-refractivity contribution in [3.05, 3.63) is 45.7 Å². The van der Waals surface area contributed by atoms with Crippen LogP contribution in [0.1, 0.15) is 31.9 Å². The molecule has 0 aliphatic heterocycles. The summed E-state index contributed by atoms with van der Waals surface area (Å²) < 4.78 is 2.50. The molecule has 0 amide bonds. The van der Waals surface area contributed by atoms with Gasteiger partial charge in [0, 0.05) is 15.4 Å². The lowest BCUT2D eigenvalue weighted by Crippen LogP contribution is -2.19. The van der Waals surface area contributed by atoms with Crippen LogP contribution in [0.2, 0.25) is 0 Å². The van der Waals surface area contributed by atoms with Crippen molar-refractivity contribution in [3.8, 4) is 0 Å². The van der Waals surface area contributed by atoms with Crippen molar-refractivity contribution in [2.24, 2.45) is 0 Å². The van der Waals surface area contributed by atoms with Gasteiger partial charge < -0.3 is 5.32 Å². The number of benzene rings is 1. The van der Waals surface area contributed by atoms with E-state index >= 15 is 0 Å². The summed E-state index contributed by atoms with van der Waals surface area (Å²) >= 11 is 7.27. The Morgan fingerprint density at radius 1 is 1.37 bits per heavy atom. The molecule has 1 atom stereocenters. The molecule has 0 saturated heterocycles.